The van der Waals surface area contributed by atoms with Gasteiger partial charge in [-0.15, -0.1) is 0 Å². The number of nitrogens with two attached hydrogens (primary N) is 1. The maximum absolute atomic E-state index is 11.9. The smallest absolute Gasteiger partial charge is 0.251 e. The number of carbonyl (C=O) groups is 1. The van der Waals surface area contributed by atoms with Crippen molar-refractivity contribution in [2.75, 3.05) is 5.73 Å². The van der Waals surface area contributed by atoms with Gasteiger partial charge in [0.05, 0.1) is 15.7 Å². The molecule has 2 rings (SSSR count). The molecule has 1 aromatic rings. The van der Waals surface area contributed by atoms with E-state index in [4.69, 9.17) is 28.9 Å². The molecule has 0 aromatic heterocycles. The molecule has 3 nitrogen and oxygen atoms in total. The summed E-state index contributed by atoms with van der Waals surface area (Å²) in [6.07, 6.45) is 4.44. The highest BCUT2D eigenvalue weighted by atomic mass is 35.5. The molecule has 0 unspecified atom stereocenters. The van der Waals surface area contributed by atoms with E-state index in [-0.39, 0.29) is 11.9 Å². The van der Waals surface area contributed by atoms with Crippen molar-refractivity contribution in [3.8, 4) is 0 Å². The Labute approximate surface area is 110 Å². The Morgan fingerprint density at radius 2 is 1.76 bits per heavy atom. The quantitative estimate of drug-likeness (QED) is 0.813. The third-order valence-electron chi connectivity index (χ3n) is 3.03. The lowest BCUT2D eigenvalue weighted by molar-refractivity contribution is 0.0938. The minimum Gasteiger partial charge on any atom is -0.396 e. The molecule has 92 valence electrons. The highest BCUT2D eigenvalue weighted by molar-refractivity contribution is 6.39. The topological polar surface area (TPSA) is 55.1 Å². The largest absolute Gasteiger partial charge is 0.396 e. The summed E-state index contributed by atoms with van der Waals surface area (Å²) in [7, 11) is 0. The highest BCUT2D eigenvalue weighted by Crippen LogP contribution is 2.29. The van der Waals surface area contributed by atoms with Crippen LogP contribution in [-0.4, -0.2) is 11.9 Å². The van der Waals surface area contributed by atoms with E-state index >= 15 is 0 Å². The molecule has 1 saturated carbocycles. The molecule has 0 saturated heterocycles. The summed E-state index contributed by atoms with van der Waals surface area (Å²) in [5.41, 5.74) is 6.39. The fourth-order valence-corrected chi connectivity index (χ4v) is 2.54. The second-order valence-corrected chi connectivity index (χ2v) is 5.12. The van der Waals surface area contributed by atoms with Crippen molar-refractivity contribution >= 4 is 34.8 Å². The van der Waals surface area contributed by atoms with Gasteiger partial charge in [-0.2, -0.15) is 0 Å². The molecule has 1 aliphatic rings. The van der Waals surface area contributed by atoms with Gasteiger partial charge in [0.2, 0.25) is 0 Å². The Morgan fingerprint density at radius 3 is 2.29 bits per heavy atom. The van der Waals surface area contributed by atoms with Gasteiger partial charge in [0, 0.05) is 11.6 Å². The normalized spacial score (nSPS) is 16.1. The molecule has 0 aliphatic heterocycles. The number of amides is 1. The molecule has 1 aliphatic carbocycles. The van der Waals surface area contributed by atoms with Gasteiger partial charge in [0.25, 0.3) is 5.91 Å². The molecule has 1 aromatic carbocycles. The third kappa shape index (κ3) is 2.85. The van der Waals surface area contributed by atoms with Gasteiger partial charge >= 0.3 is 0 Å². The first-order valence-corrected chi connectivity index (χ1v) is 6.39. The van der Waals surface area contributed by atoms with E-state index in [0.717, 1.165) is 12.8 Å². The van der Waals surface area contributed by atoms with E-state index in [1.807, 2.05) is 0 Å². The monoisotopic (exact) mass is 272 g/mol. The molecule has 0 atom stereocenters. The molecule has 0 heterocycles. The number of anilines is 1. The van der Waals surface area contributed by atoms with E-state index in [1.165, 1.54) is 12.8 Å². The molecular formula is C12H14Cl2N2O. The Morgan fingerprint density at radius 1 is 1.24 bits per heavy atom. The SMILES string of the molecule is Nc1c(Cl)cc(C(=O)NC2CCCC2)cc1Cl. The number of halogens is 2. The van der Waals surface area contributed by atoms with Crippen molar-refractivity contribution in [3.63, 3.8) is 0 Å². The molecule has 0 radical (unpaired) electrons. The van der Waals surface area contributed by atoms with E-state index < -0.39 is 0 Å². The molecule has 0 spiro atoms. The molecule has 5 heteroatoms. The minimum atomic E-state index is -0.138. The molecule has 17 heavy (non-hydrogen) atoms. The van der Waals surface area contributed by atoms with E-state index in [0.29, 0.717) is 21.3 Å². The summed E-state index contributed by atoms with van der Waals surface area (Å²) in [5.74, 6) is -0.138. The molecular weight excluding hydrogens is 259 g/mol. The Bertz CT molecular complexity index is 419. The van der Waals surface area contributed by atoms with Gasteiger partial charge in [-0.05, 0) is 25.0 Å². The Balaban J connectivity index is 2.13. The van der Waals surface area contributed by atoms with Gasteiger partial charge in [-0.25, -0.2) is 0 Å². The molecule has 1 fully saturated rings. The van der Waals surface area contributed by atoms with Gasteiger partial charge in [0.15, 0.2) is 0 Å². The average Bonchev–Trinajstić information content (AvgIpc) is 2.77. The Kier molecular flexibility index (Phi) is 3.79. The number of benzene rings is 1. The van der Waals surface area contributed by atoms with Crippen LogP contribution in [0.5, 0.6) is 0 Å². The first kappa shape index (κ1) is 12.5. The van der Waals surface area contributed by atoms with Gasteiger partial charge < -0.3 is 11.1 Å². The van der Waals surface area contributed by atoms with Crippen molar-refractivity contribution in [1.29, 1.82) is 0 Å². The maximum Gasteiger partial charge on any atom is 0.251 e. The van der Waals surface area contributed by atoms with Crippen molar-refractivity contribution in [2.24, 2.45) is 0 Å². The first-order valence-electron chi connectivity index (χ1n) is 5.63. The Hall–Kier alpha value is -0.930. The minimum absolute atomic E-state index is 0.138. The van der Waals surface area contributed by atoms with Crippen molar-refractivity contribution < 1.29 is 4.79 Å². The van der Waals surface area contributed by atoms with E-state index in [1.54, 1.807) is 12.1 Å². The molecule has 1 amide bonds. The molecule has 3 N–H and O–H groups in total. The van der Waals surface area contributed by atoms with Crippen molar-refractivity contribution in [1.82, 2.24) is 5.32 Å². The first-order chi connectivity index (χ1) is 8.08. The summed E-state index contributed by atoms with van der Waals surface area (Å²) < 4.78 is 0. The predicted molar refractivity (Wildman–Crippen MR) is 70.6 cm³/mol. The fourth-order valence-electron chi connectivity index (χ4n) is 2.05. The van der Waals surface area contributed by atoms with Crippen LogP contribution in [0.4, 0.5) is 5.69 Å². The van der Waals surface area contributed by atoms with E-state index in [2.05, 4.69) is 5.32 Å². The lowest BCUT2D eigenvalue weighted by atomic mass is 10.1. The van der Waals surface area contributed by atoms with Crippen LogP contribution in [0.2, 0.25) is 10.0 Å². The second kappa shape index (κ2) is 5.15. The summed E-state index contributed by atoms with van der Waals surface area (Å²) in [5, 5.41) is 3.60. The van der Waals surface area contributed by atoms with Crippen LogP contribution in [0.3, 0.4) is 0 Å². The average molecular weight is 273 g/mol. The number of carbonyl (C=O) groups excluding carboxylic acids is 1. The van der Waals surface area contributed by atoms with Gasteiger partial charge in [0.1, 0.15) is 0 Å². The van der Waals surface area contributed by atoms with Gasteiger partial charge in [-0.3, -0.25) is 4.79 Å². The zero-order valence-electron chi connectivity index (χ0n) is 9.30. The number of rotatable bonds is 2. The number of nitrogens with one attached hydrogen (secondary N) is 1. The second-order valence-electron chi connectivity index (χ2n) is 4.31. The summed E-state index contributed by atoms with van der Waals surface area (Å²) in [6, 6.07) is 3.37. The number of hydrogen-bond donors (Lipinski definition) is 2. The van der Waals surface area contributed by atoms with Crippen LogP contribution in [-0.2, 0) is 0 Å². The maximum atomic E-state index is 11.9. The number of hydrogen-bond acceptors (Lipinski definition) is 2. The zero-order valence-corrected chi connectivity index (χ0v) is 10.8. The predicted octanol–water partition coefficient (Wildman–Crippen LogP) is 3.25. The zero-order chi connectivity index (χ0) is 12.4. The third-order valence-corrected chi connectivity index (χ3v) is 3.66. The lowest BCUT2D eigenvalue weighted by Crippen LogP contribution is -2.32. The lowest BCUT2D eigenvalue weighted by Gasteiger charge is -2.12. The highest BCUT2D eigenvalue weighted by Gasteiger charge is 2.19. The van der Waals surface area contributed by atoms with Crippen molar-refractivity contribution in [2.45, 2.75) is 31.7 Å². The fraction of sp³-hybridized carbons (Fsp3) is 0.417. The van der Waals surface area contributed by atoms with Crippen LogP contribution >= 0.6 is 23.2 Å². The number of nitrogen functional groups attached to an aromatic ring is 1. The molecule has 0 bridgehead atoms. The summed E-state index contributed by atoms with van der Waals surface area (Å²) in [6.45, 7) is 0. The van der Waals surface area contributed by atoms with E-state index in [9.17, 15) is 4.79 Å². The van der Waals surface area contributed by atoms with Crippen LogP contribution in [0.25, 0.3) is 0 Å². The van der Waals surface area contributed by atoms with Gasteiger partial charge in [-0.1, -0.05) is 36.0 Å². The van der Waals surface area contributed by atoms with Crippen LogP contribution in [0.15, 0.2) is 12.1 Å². The standard InChI is InChI=1S/C12H14Cl2N2O/c13-9-5-7(6-10(14)11(9)15)12(17)16-8-3-1-2-4-8/h5-6,8H,1-4,15H2,(H,16,17). The van der Waals surface area contributed by atoms with Crippen LogP contribution in [0.1, 0.15) is 36.0 Å². The van der Waals surface area contributed by atoms with Crippen LogP contribution < -0.4 is 11.1 Å². The van der Waals surface area contributed by atoms with Crippen molar-refractivity contribution in [3.05, 3.63) is 27.7 Å². The summed E-state index contributed by atoms with van der Waals surface area (Å²) >= 11 is 11.8. The van der Waals surface area contributed by atoms with Crippen LogP contribution in [0, 0.1) is 0 Å². The summed E-state index contributed by atoms with van der Waals surface area (Å²) in [4.78, 5) is 11.9.